The Kier molecular flexibility index (Phi) is 7.35. The third-order valence-electron chi connectivity index (χ3n) is 5.73. The molecule has 0 spiro atoms. The summed E-state index contributed by atoms with van der Waals surface area (Å²) < 4.78 is 21.4. The first-order valence-electron chi connectivity index (χ1n) is 11.1. The van der Waals surface area contributed by atoms with Crippen molar-refractivity contribution in [3.8, 4) is 23.0 Å². The molecule has 1 heterocycles. The summed E-state index contributed by atoms with van der Waals surface area (Å²) in [6.45, 7) is 0.246. The van der Waals surface area contributed by atoms with Gasteiger partial charge < -0.3 is 24.3 Å². The second-order valence-electron chi connectivity index (χ2n) is 8.06. The number of fused-ring (bicyclic) bond motifs is 1. The van der Waals surface area contributed by atoms with Crippen LogP contribution >= 0.6 is 0 Å². The maximum Gasteiger partial charge on any atom is 0.231 e. The molecule has 0 saturated carbocycles. The van der Waals surface area contributed by atoms with Crippen molar-refractivity contribution in [2.75, 3.05) is 21.0 Å². The lowest BCUT2D eigenvalue weighted by Crippen LogP contribution is -2.38. The Bertz CT molecular complexity index is 1060. The molecule has 4 rings (SSSR count). The van der Waals surface area contributed by atoms with Crippen molar-refractivity contribution in [3.63, 3.8) is 0 Å². The summed E-state index contributed by atoms with van der Waals surface area (Å²) in [4.78, 5) is 12.8. The number of hydrogen-bond acceptors (Lipinski definition) is 5. The van der Waals surface area contributed by atoms with Crippen molar-refractivity contribution in [2.45, 2.75) is 31.7 Å². The molecule has 6 nitrogen and oxygen atoms in total. The van der Waals surface area contributed by atoms with Crippen LogP contribution in [0.1, 0.15) is 23.1 Å². The number of methoxy groups -OCH3 is 2. The Hall–Kier alpha value is -3.67. The SMILES string of the molecule is COc1ccc(CCC(=O)N[C@@H](Cc2ccc(OC)cc2)Cc2ccc3c(c2)OCO3)cc1. The van der Waals surface area contributed by atoms with Crippen LogP contribution in [0, 0.1) is 0 Å². The Morgan fingerprint density at radius 2 is 1.39 bits per heavy atom. The van der Waals surface area contributed by atoms with Gasteiger partial charge in [-0.3, -0.25) is 4.79 Å². The molecule has 3 aromatic rings. The van der Waals surface area contributed by atoms with Crippen LogP contribution in [0.15, 0.2) is 66.7 Å². The van der Waals surface area contributed by atoms with Crippen LogP contribution in [-0.2, 0) is 24.1 Å². The van der Waals surface area contributed by atoms with Crippen molar-refractivity contribution in [2.24, 2.45) is 0 Å². The summed E-state index contributed by atoms with van der Waals surface area (Å²) in [5.74, 6) is 3.17. The molecule has 33 heavy (non-hydrogen) atoms. The fraction of sp³-hybridized carbons (Fsp3) is 0.296. The van der Waals surface area contributed by atoms with E-state index in [4.69, 9.17) is 18.9 Å². The summed E-state index contributed by atoms with van der Waals surface area (Å²) in [5, 5.41) is 3.24. The zero-order valence-corrected chi connectivity index (χ0v) is 19.0. The lowest BCUT2D eigenvalue weighted by Gasteiger charge is -2.20. The van der Waals surface area contributed by atoms with Gasteiger partial charge in [-0.2, -0.15) is 0 Å². The average Bonchev–Trinajstić information content (AvgIpc) is 3.31. The van der Waals surface area contributed by atoms with E-state index in [1.807, 2.05) is 66.7 Å². The van der Waals surface area contributed by atoms with Crippen molar-refractivity contribution < 1.29 is 23.7 Å². The molecule has 3 aromatic carbocycles. The van der Waals surface area contributed by atoms with Gasteiger partial charge in [-0.1, -0.05) is 30.3 Å². The van der Waals surface area contributed by atoms with E-state index in [1.165, 1.54) is 0 Å². The molecule has 172 valence electrons. The zero-order chi connectivity index (χ0) is 23.0. The molecule has 0 bridgehead atoms. The van der Waals surface area contributed by atoms with Crippen molar-refractivity contribution in [1.29, 1.82) is 0 Å². The predicted octanol–water partition coefficient (Wildman–Crippen LogP) is 4.34. The second-order valence-corrected chi connectivity index (χ2v) is 8.06. The van der Waals surface area contributed by atoms with Crippen LogP contribution in [0.3, 0.4) is 0 Å². The highest BCUT2D eigenvalue weighted by Crippen LogP contribution is 2.33. The van der Waals surface area contributed by atoms with Crippen LogP contribution in [0.2, 0.25) is 0 Å². The molecule has 0 fully saturated rings. The molecule has 1 amide bonds. The second kappa shape index (κ2) is 10.8. The molecule has 6 heteroatoms. The highest BCUT2D eigenvalue weighted by atomic mass is 16.7. The highest BCUT2D eigenvalue weighted by Gasteiger charge is 2.18. The number of carbonyl (C=O) groups excluding carboxylic acids is 1. The first kappa shape index (κ1) is 22.5. The number of carbonyl (C=O) groups is 1. The van der Waals surface area contributed by atoms with E-state index in [9.17, 15) is 4.79 Å². The Morgan fingerprint density at radius 3 is 2.06 bits per heavy atom. The number of hydrogen-bond donors (Lipinski definition) is 1. The zero-order valence-electron chi connectivity index (χ0n) is 19.0. The van der Waals surface area contributed by atoms with Crippen LogP contribution in [0.25, 0.3) is 0 Å². The molecule has 0 saturated heterocycles. The third kappa shape index (κ3) is 6.19. The smallest absolute Gasteiger partial charge is 0.231 e. The van der Waals surface area contributed by atoms with Crippen LogP contribution in [-0.4, -0.2) is 33.0 Å². The maximum absolute atomic E-state index is 12.8. The summed E-state index contributed by atoms with van der Waals surface area (Å²) >= 11 is 0. The number of aryl methyl sites for hydroxylation is 1. The number of nitrogens with one attached hydrogen (secondary N) is 1. The summed E-state index contributed by atoms with van der Waals surface area (Å²) in [6, 6.07) is 21.7. The Balaban J connectivity index is 1.41. The van der Waals surface area contributed by atoms with Crippen LogP contribution in [0.4, 0.5) is 0 Å². The molecule has 1 aliphatic rings. The van der Waals surface area contributed by atoms with Gasteiger partial charge >= 0.3 is 0 Å². The molecule has 0 radical (unpaired) electrons. The number of amides is 1. The van der Waals surface area contributed by atoms with E-state index < -0.39 is 0 Å². The standard InChI is InChI=1S/C27H29NO5/c1-30-23-9-3-19(4-10-23)8-14-27(29)28-22(15-20-5-11-24(31-2)12-6-20)16-21-7-13-25-26(17-21)33-18-32-25/h3-7,9-13,17,22H,8,14-16,18H2,1-2H3,(H,28,29)/t22-/m0/s1. The van der Waals surface area contributed by atoms with Crippen LogP contribution in [0.5, 0.6) is 23.0 Å². The molecular formula is C27H29NO5. The van der Waals surface area contributed by atoms with Crippen molar-refractivity contribution in [1.82, 2.24) is 5.32 Å². The fourth-order valence-electron chi connectivity index (χ4n) is 3.92. The topological polar surface area (TPSA) is 66.0 Å². The third-order valence-corrected chi connectivity index (χ3v) is 5.73. The molecule has 0 aliphatic carbocycles. The highest BCUT2D eigenvalue weighted by molar-refractivity contribution is 5.76. The predicted molar refractivity (Wildman–Crippen MR) is 126 cm³/mol. The van der Waals surface area contributed by atoms with Crippen molar-refractivity contribution >= 4 is 5.91 Å². The van der Waals surface area contributed by atoms with Gasteiger partial charge in [0.15, 0.2) is 11.5 Å². The fourth-order valence-corrected chi connectivity index (χ4v) is 3.92. The van der Waals surface area contributed by atoms with Gasteiger partial charge in [-0.15, -0.1) is 0 Å². The lowest BCUT2D eigenvalue weighted by molar-refractivity contribution is -0.121. The van der Waals surface area contributed by atoms with Gasteiger partial charge in [-0.05, 0) is 72.4 Å². The van der Waals surface area contributed by atoms with Gasteiger partial charge in [0.1, 0.15) is 11.5 Å². The van der Waals surface area contributed by atoms with E-state index in [2.05, 4.69) is 5.32 Å². The molecule has 0 aromatic heterocycles. The largest absolute Gasteiger partial charge is 0.497 e. The van der Waals surface area contributed by atoms with Gasteiger partial charge in [0.05, 0.1) is 14.2 Å². The van der Waals surface area contributed by atoms with Gasteiger partial charge in [0.25, 0.3) is 0 Å². The van der Waals surface area contributed by atoms with Gasteiger partial charge in [-0.25, -0.2) is 0 Å². The Morgan fingerprint density at radius 1 is 0.818 bits per heavy atom. The van der Waals surface area contributed by atoms with Gasteiger partial charge in [0, 0.05) is 12.5 Å². The van der Waals surface area contributed by atoms with E-state index in [0.717, 1.165) is 39.7 Å². The number of rotatable bonds is 10. The molecule has 1 atom stereocenters. The quantitative estimate of drug-likeness (QED) is 0.501. The van der Waals surface area contributed by atoms with Gasteiger partial charge in [0.2, 0.25) is 12.7 Å². The van der Waals surface area contributed by atoms with Crippen molar-refractivity contribution in [3.05, 3.63) is 83.4 Å². The summed E-state index contributed by atoms with van der Waals surface area (Å²) in [5.41, 5.74) is 3.33. The number of benzene rings is 3. The monoisotopic (exact) mass is 447 g/mol. The lowest BCUT2D eigenvalue weighted by atomic mass is 9.98. The van der Waals surface area contributed by atoms with Crippen LogP contribution < -0.4 is 24.3 Å². The van der Waals surface area contributed by atoms with E-state index >= 15 is 0 Å². The van der Waals surface area contributed by atoms with E-state index in [-0.39, 0.29) is 18.7 Å². The summed E-state index contributed by atoms with van der Waals surface area (Å²) in [7, 11) is 3.30. The first-order valence-corrected chi connectivity index (χ1v) is 11.1. The normalized spacial score (nSPS) is 12.8. The molecule has 1 aliphatic heterocycles. The minimum Gasteiger partial charge on any atom is -0.497 e. The Labute approximate surface area is 194 Å². The molecular weight excluding hydrogens is 418 g/mol. The minimum absolute atomic E-state index is 0.0325. The molecule has 0 unspecified atom stereocenters. The van der Waals surface area contributed by atoms with E-state index in [1.54, 1.807) is 14.2 Å². The average molecular weight is 448 g/mol. The van der Waals surface area contributed by atoms with E-state index in [0.29, 0.717) is 25.7 Å². The first-order chi connectivity index (χ1) is 16.1. The maximum atomic E-state index is 12.8. The summed E-state index contributed by atoms with van der Waals surface area (Å²) in [6.07, 6.45) is 2.51. The number of ether oxygens (including phenoxy) is 4. The minimum atomic E-state index is -0.0536. The molecule has 1 N–H and O–H groups in total.